The lowest BCUT2D eigenvalue weighted by atomic mass is 10.0. The molecule has 4 atom stereocenters. The van der Waals surface area contributed by atoms with Crippen LogP contribution in [0.15, 0.2) is 0 Å². The summed E-state index contributed by atoms with van der Waals surface area (Å²) in [7, 11) is 0. The first kappa shape index (κ1) is 16.9. The molecule has 0 spiro atoms. The van der Waals surface area contributed by atoms with Crippen LogP contribution in [0.2, 0.25) is 0 Å². The number of rotatable bonds is 10. The Hall–Kier alpha value is -0.450. The molecule has 2 fully saturated rings. The van der Waals surface area contributed by atoms with Gasteiger partial charge in [0.2, 0.25) is 0 Å². The van der Waals surface area contributed by atoms with E-state index in [4.69, 9.17) is 14.2 Å². The van der Waals surface area contributed by atoms with E-state index in [0.29, 0.717) is 30.8 Å². The van der Waals surface area contributed by atoms with Gasteiger partial charge >= 0.3 is 0 Å². The second-order valence-corrected chi connectivity index (χ2v) is 6.31. The highest BCUT2D eigenvalue weighted by molar-refractivity contribution is 5.78. The average molecular weight is 298 g/mol. The Bertz CT molecular complexity index is 312. The van der Waals surface area contributed by atoms with E-state index < -0.39 is 0 Å². The molecular formula is C17H30O4. The summed E-state index contributed by atoms with van der Waals surface area (Å²) >= 11 is 0. The van der Waals surface area contributed by atoms with Gasteiger partial charge in [0.25, 0.3) is 0 Å². The molecule has 0 aromatic carbocycles. The van der Waals surface area contributed by atoms with Gasteiger partial charge in [0.05, 0.1) is 18.3 Å². The molecule has 0 radical (unpaired) electrons. The number of ketones is 1. The molecular weight excluding hydrogens is 268 g/mol. The van der Waals surface area contributed by atoms with Crippen molar-refractivity contribution in [3.63, 3.8) is 0 Å². The van der Waals surface area contributed by atoms with E-state index in [9.17, 15) is 4.79 Å². The fourth-order valence-electron chi connectivity index (χ4n) is 2.89. The van der Waals surface area contributed by atoms with E-state index in [1.54, 1.807) is 0 Å². The fraction of sp³-hybridized carbons (Fsp3) is 0.941. The highest BCUT2D eigenvalue weighted by atomic mass is 16.7. The van der Waals surface area contributed by atoms with Crippen LogP contribution in [0.4, 0.5) is 0 Å². The molecule has 2 heterocycles. The van der Waals surface area contributed by atoms with E-state index >= 15 is 0 Å². The summed E-state index contributed by atoms with van der Waals surface area (Å²) < 4.78 is 16.9. The van der Waals surface area contributed by atoms with Gasteiger partial charge in [-0.15, -0.1) is 0 Å². The van der Waals surface area contributed by atoms with Crippen molar-refractivity contribution in [1.82, 2.24) is 0 Å². The summed E-state index contributed by atoms with van der Waals surface area (Å²) in [5.74, 6) is 0.362. The van der Waals surface area contributed by atoms with Crippen molar-refractivity contribution >= 4 is 5.78 Å². The van der Waals surface area contributed by atoms with Gasteiger partial charge in [0, 0.05) is 19.4 Å². The summed E-state index contributed by atoms with van der Waals surface area (Å²) in [4.78, 5) is 11.8. The van der Waals surface area contributed by atoms with Crippen LogP contribution in [0.5, 0.6) is 0 Å². The van der Waals surface area contributed by atoms with Crippen molar-refractivity contribution in [2.24, 2.45) is 0 Å². The Labute approximate surface area is 128 Å². The minimum Gasteiger partial charge on any atom is -0.370 e. The molecule has 21 heavy (non-hydrogen) atoms. The quantitative estimate of drug-likeness (QED) is 0.578. The molecule has 0 bridgehead atoms. The zero-order valence-corrected chi connectivity index (χ0v) is 13.5. The number of Topliss-reactive ketones (excluding diaryl/α,β-unsaturated/α-hetero) is 1. The number of hydrogen-bond donors (Lipinski definition) is 0. The van der Waals surface area contributed by atoms with Crippen LogP contribution < -0.4 is 0 Å². The van der Waals surface area contributed by atoms with E-state index in [1.807, 2.05) is 0 Å². The lowest BCUT2D eigenvalue weighted by Crippen LogP contribution is -2.27. The predicted molar refractivity (Wildman–Crippen MR) is 81.2 cm³/mol. The molecule has 0 amide bonds. The topological polar surface area (TPSA) is 48.1 Å². The molecule has 2 rings (SSSR count). The van der Waals surface area contributed by atoms with E-state index in [-0.39, 0.29) is 12.4 Å². The van der Waals surface area contributed by atoms with Crippen LogP contribution >= 0.6 is 0 Å². The van der Waals surface area contributed by atoms with Crippen LogP contribution in [-0.2, 0) is 19.0 Å². The third-order valence-corrected chi connectivity index (χ3v) is 4.46. The zero-order chi connectivity index (χ0) is 15.1. The van der Waals surface area contributed by atoms with Crippen LogP contribution in [0, 0.1) is 0 Å². The molecule has 4 nitrogen and oxygen atoms in total. The first-order valence-electron chi connectivity index (χ1n) is 8.63. The highest BCUT2D eigenvalue weighted by Crippen LogP contribution is 2.26. The van der Waals surface area contributed by atoms with E-state index in [2.05, 4.69) is 13.8 Å². The maximum Gasteiger partial charge on any atom is 0.157 e. The largest absolute Gasteiger partial charge is 0.370 e. The molecule has 122 valence electrons. The summed E-state index contributed by atoms with van der Waals surface area (Å²) in [6.07, 6.45) is 9.36. The summed E-state index contributed by atoms with van der Waals surface area (Å²) in [5, 5.41) is 0. The minimum absolute atomic E-state index is 0.0205. The lowest BCUT2D eigenvalue weighted by molar-refractivity contribution is -0.189. The minimum atomic E-state index is -0.0205. The molecule has 0 N–H and O–H groups in total. The Kier molecular flexibility index (Phi) is 7.14. The normalized spacial score (nSPS) is 30.1. The molecule has 0 aromatic heterocycles. The van der Waals surface area contributed by atoms with Crippen molar-refractivity contribution in [3.05, 3.63) is 0 Å². The standard InChI is InChI=1S/C17H30O4/c1-3-15(21-17-9-4-5-12-19-17)8-6-7-14(18)10-11-16-13(2)20-16/h13,15-17H,3-12H2,1-2H3. The first-order valence-corrected chi connectivity index (χ1v) is 8.63. The van der Waals surface area contributed by atoms with Crippen molar-refractivity contribution in [1.29, 1.82) is 0 Å². The third-order valence-electron chi connectivity index (χ3n) is 4.46. The number of hydrogen-bond acceptors (Lipinski definition) is 4. The Morgan fingerprint density at radius 1 is 1.33 bits per heavy atom. The van der Waals surface area contributed by atoms with Crippen molar-refractivity contribution in [2.45, 2.75) is 96.2 Å². The lowest BCUT2D eigenvalue weighted by Gasteiger charge is -2.27. The van der Waals surface area contributed by atoms with Gasteiger partial charge in [-0.25, -0.2) is 0 Å². The SMILES string of the molecule is CCC(CCCC(=O)CCC1OC1C)OC1CCCCO1. The molecule has 2 aliphatic rings. The van der Waals surface area contributed by atoms with Gasteiger partial charge in [-0.3, -0.25) is 4.79 Å². The Morgan fingerprint density at radius 2 is 2.14 bits per heavy atom. The molecule has 0 saturated carbocycles. The smallest absolute Gasteiger partial charge is 0.157 e. The van der Waals surface area contributed by atoms with Gasteiger partial charge < -0.3 is 14.2 Å². The fourth-order valence-corrected chi connectivity index (χ4v) is 2.89. The number of ether oxygens (including phenoxy) is 3. The molecule has 0 aliphatic carbocycles. The van der Waals surface area contributed by atoms with Crippen LogP contribution in [-0.4, -0.2) is 37.0 Å². The van der Waals surface area contributed by atoms with Crippen LogP contribution in [0.3, 0.4) is 0 Å². The second-order valence-electron chi connectivity index (χ2n) is 6.31. The summed E-state index contributed by atoms with van der Waals surface area (Å²) in [6, 6.07) is 0. The maximum absolute atomic E-state index is 11.8. The number of carbonyl (C=O) groups is 1. The Morgan fingerprint density at radius 3 is 2.76 bits per heavy atom. The van der Waals surface area contributed by atoms with Crippen molar-refractivity contribution in [3.8, 4) is 0 Å². The van der Waals surface area contributed by atoms with Gasteiger partial charge in [0.1, 0.15) is 5.78 Å². The maximum atomic E-state index is 11.8. The zero-order valence-electron chi connectivity index (χ0n) is 13.5. The monoisotopic (exact) mass is 298 g/mol. The average Bonchev–Trinajstić information content (AvgIpc) is 3.21. The van der Waals surface area contributed by atoms with Gasteiger partial charge in [-0.2, -0.15) is 0 Å². The van der Waals surface area contributed by atoms with Crippen LogP contribution in [0.25, 0.3) is 0 Å². The summed E-state index contributed by atoms with van der Waals surface area (Å²) in [6.45, 7) is 5.02. The second kappa shape index (κ2) is 8.86. The molecule has 2 saturated heterocycles. The van der Waals surface area contributed by atoms with Crippen LogP contribution in [0.1, 0.15) is 71.6 Å². The van der Waals surface area contributed by atoms with E-state index in [0.717, 1.165) is 45.1 Å². The van der Waals surface area contributed by atoms with Gasteiger partial charge in [0.15, 0.2) is 6.29 Å². The molecule has 2 aliphatic heterocycles. The van der Waals surface area contributed by atoms with Gasteiger partial charge in [-0.1, -0.05) is 6.92 Å². The molecule has 0 aromatic rings. The molecule has 4 unspecified atom stereocenters. The first-order chi connectivity index (χ1) is 10.2. The molecule has 4 heteroatoms. The van der Waals surface area contributed by atoms with E-state index in [1.165, 1.54) is 6.42 Å². The third kappa shape index (κ3) is 6.45. The Balaban J connectivity index is 1.53. The predicted octanol–water partition coefficient (Wildman–Crippen LogP) is 3.62. The van der Waals surface area contributed by atoms with Crippen molar-refractivity contribution in [2.75, 3.05) is 6.61 Å². The van der Waals surface area contributed by atoms with Gasteiger partial charge in [-0.05, 0) is 51.9 Å². The summed E-state index contributed by atoms with van der Waals surface area (Å²) in [5.41, 5.74) is 0. The van der Waals surface area contributed by atoms with Crippen molar-refractivity contribution < 1.29 is 19.0 Å². The number of epoxide rings is 1. The highest BCUT2D eigenvalue weighted by Gasteiger charge is 2.33. The number of carbonyl (C=O) groups excluding carboxylic acids is 1.